The van der Waals surface area contributed by atoms with Crippen molar-refractivity contribution in [3.05, 3.63) is 24.3 Å². The molecule has 1 aliphatic rings. The van der Waals surface area contributed by atoms with Crippen molar-refractivity contribution in [2.45, 2.75) is 18.7 Å². The average molecular weight is 305 g/mol. The van der Waals surface area contributed by atoms with E-state index in [0.29, 0.717) is 24.6 Å². The fourth-order valence-corrected chi connectivity index (χ4v) is 1.80. The molecule has 8 heteroatoms. The van der Waals surface area contributed by atoms with E-state index in [-0.39, 0.29) is 6.61 Å². The summed E-state index contributed by atoms with van der Waals surface area (Å²) in [5.74, 6) is 0.362. The van der Waals surface area contributed by atoms with Crippen molar-refractivity contribution in [3.8, 4) is 5.75 Å². The van der Waals surface area contributed by atoms with Gasteiger partial charge in [0, 0.05) is 12.1 Å². The van der Waals surface area contributed by atoms with Gasteiger partial charge >= 0.3 is 12.3 Å². The largest absolute Gasteiger partial charge is 0.493 e. The standard InChI is InChI=1S/C13H14F3NO4/c14-13(15,16)11(18)5-7-20-10-3-1-9(2-4-10)17-6-8-21-12(17)19/h1-4,11,18H,5-8H2/t11-/m1/s1. The molecule has 5 nitrogen and oxygen atoms in total. The summed E-state index contributed by atoms with van der Waals surface area (Å²) >= 11 is 0. The summed E-state index contributed by atoms with van der Waals surface area (Å²) in [5.41, 5.74) is 0.625. The number of hydrogen-bond acceptors (Lipinski definition) is 4. The molecule has 1 aliphatic heterocycles. The van der Waals surface area contributed by atoms with Crippen molar-refractivity contribution in [3.63, 3.8) is 0 Å². The maximum atomic E-state index is 12.1. The smallest absolute Gasteiger partial charge is 0.414 e. The Bertz CT molecular complexity index is 489. The monoisotopic (exact) mass is 305 g/mol. The molecule has 0 unspecified atom stereocenters. The Morgan fingerprint density at radius 2 is 2.00 bits per heavy atom. The van der Waals surface area contributed by atoms with Crippen molar-refractivity contribution in [1.82, 2.24) is 0 Å². The van der Waals surface area contributed by atoms with Gasteiger partial charge in [0.1, 0.15) is 12.4 Å². The summed E-state index contributed by atoms with van der Waals surface area (Å²) in [7, 11) is 0. The number of hydrogen-bond donors (Lipinski definition) is 1. The number of alkyl halides is 3. The molecule has 1 atom stereocenters. The van der Waals surface area contributed by atoms with Gasteiger partial charge in [-0.25, -0.2) is 4.79 Å². The van der Waals surface area contributed by atoms with E-state index in [2.05, 4.69) is 0 Å². The van der Waals surface area contributed by atoms with Gasteiger partial charge in [-0.2, -0.15) is 13.2 Å². The predicted molar refractivity (Wildman–Crippen MR) is 67.3 cm³/mol. The van der Waals surface area contributed by atoms with Gasteiger partial charge in [-0.3, -0.25) is 4.90 Å². The Balaban J connectivity index is 1.84. The quantitative estimate of drug-likeness (QED) is 0.907. The van der Waals surface area contributed by atoms with Crippen molar-refractivity contribution >= 4 is 11.8 Å². The predicted octanol–water partition coefficient (Wildman–Crippen LogP) is 2.34. The van der Waals surface area contributed by atoms with Crippen LogP contribution in [0, 0.1) is 0 Å². The summed E-state index contributed by atoms with van der Waals surface area (Å²) in [5, 5.41) is 8.82. The Labute approximate surface area is 118 Å². The van der Waals surface area contributed by atoms with Crippen LogP contribution in [0.3, 0.4) is 0 Å². The van der Waals surface area contributed by atoms with Crippen LogP contribution in [-0.4, -0.2) is 43.2 Å². The van der Waals surface area contributed by atoms with E-state index in [0.717, 1.165) is 0 Å². The molecule has 0 spiro atoms. The van der Waals surface area contributed by atoms with Crippen molar-refractivity contribution in [2.24, 2.45) is 0 Å². The second-order valence-corrected chi connectivity index (χ2v) is 4.45. The zero-order valence-electron chi connectivity index (χ0n) is 11.0. The van der Waals surface area contributed by atoms with Gasteiger partial charge in [-0.1, -0.05) is 0 Å². The zero-order chi connectivity index (χ0) is 15.5. The number of ether oxygens (including phenoxy) is 2. The number of carbonyl (C=O) groups is 1. The molecule has 0 saturated carbocycles. The lowest BCUT2D eigenvalue weighted by molar-refractivity contribution is -0.206. The van der Waals surface area contributed by atoms with Gasteiger partial charge in [-0.15, -0.1) is 0 Å². The van der Waals surface area contributed by atoms with Crippen LogP contribution >= 0.6 is 0 Å². The summed E-state index contributed by atoms with van der Waals surface area (Å²) in [6, 6.07) is 6.31. The summed E-state index contributed by atoms with van der Waals surface area (Å²) in [6.07, 6.45) is -8.00. The molecule has 1 aromatic rings. The van der Waals surface area contributed by atoms with Gasteiger partial charge in [0.2, 0.25) is 0 Å². The van der Waals surface area contributed by atoms with E-state index in [9.17, 15) is 18.0 Å². The van der Waals surface area contributed by atoms with Crippen LogP contribution in [-0.2, 0) is 4.74 Å². The van der Waals surface area contributed by atoms with E-state index in [1.807, 2.05) is 0 Å². The number of halogens is 3. The summed E-state index contributed by atoms with van der Waals surface area (Å²) in [6.45, 7) is 0.523. The molecule has 1 aromatic carbocycles. The zero-order valence-corrected chi connectivity index (χ0v) is 11.0. The van der Waals surface area contributed by atoms with E-state index in [1.54, 1.807) is 24.3 Å². The lowest BCUT2D eigenvalue weighted by atomic mass is 10.2. The van der Waals surface area contributed by atoms with E-state index in [4.69, 9.17) is 14.6 Å². The number of benzene rings is 1. The molecule has 2 rings (SSSR count). The molecule has 0 aliphatic carbocycles. The minimum Gasteiger partial charge on any atom is -0.493 e. The molecular weight excluding hydrogens is 291 g/mol. The Hall–Kier alpha value is -1.96. The number of aliphatic hydroxyl groups is 1. The van der Waals surface area contributed by atoms with E-state index >= 15 is 0 Å². The first-order chi connectivity index (χ1) is 9.88. The number of aliphatic hydroxyl groups excluding tert-OH is 1. The van der Waals surface area contributed by atoms with Gasteiger partial charge in [0.05, 0.1) is 13.2 Å². The lowest BCUT2D eigenvalue weighted by Crippen LogP contribution is -2.30. The molecule has 1 fully saturated rings. The van der Waals surface area contributed by atoms with Crippen LogP contribution in [0.5, 0.6) is 5.75 Å². The minimum absolute atomic E-state index is 0.258. The van der Waals surface area contributed by atoms with Gasteiger partial charge in [-0.05, 0) is 24.3 Å². The maximum absolute atomic E-state index is 12.1. The molecule has 0 aromatic heterocycles. The van der Waals surface area contributed by atoms with Crippen LogP contribution in [0.15, 0.2) is 24.3 Å². The SMILES string of the molecule is O=C1OCCN1c1ccc(OCC[C@@H](O)C(F)(F)F)cc1. The molecule has 21 heavy (non-hydrogen) atoms. The Morgan fingerprint density at radius 1 is 1.33 bits per heavy atom. The third-order valence-corrected chi connectivity index (χ3v) is 2.95. The average Bonchev–Trinajstić information content (AvgIpc) is 2.84. The molecule has 1 amide bonds. The Kier molecular flexibility index (Phi) is 4.56. The second-order valence-electron chi connectivity index (χ2n) is 4.45. The molecule has 1 heterocycles. The first-order valence-corrected chi connectivity index (χ1v) is 6.30. The second kappa shape index (κ2) is 6.21. The van der Waals surface area contributed by atoms with Crippen LogP contribution in [0.25, 0.3) is 0 Å². The van der Waals surface area contributed by atoms with Crippen LogP contribution in [0.2, 0.25) is 0 Å². The molecule has 116 valence electrons. The normalized spacial score (nSPS) is 16.8. The lowest BCUT2D eigenvalue weighted by Gasteiger charge is -2.15. The number of anilines is 1. The minimum atomic E-state index is -4.64. The van der Waals surface area contributed by atoms with E-state index in [1.165, 1.54) is 4.90 Å². The highest BCUT2D eigenvalue weighted by atomic mass is 19.4. The number of nitrogens with zero attached hydrogens (tertiary/aromatic N) is 1. The summed E-state index contributed by atoms with van der Waals surface area (Å²) in [4.78, 5) is 12.8. The molecule has 0 radical (unpaired) electrons. The maximum Gasteiger partial charge on any atom is 0.414 e. The van der Waals surface area contributed by atoms with Crippen molar-refractivity contribution < 1.29 is 32.5 Å². The highest BCUT2D eigenvalue weighted by Crippen LogP contribution is 2.24. The third-order valence-electron chi connectivity index (χ3n) is 2.95. The third kappa shape index (κ3) is 4.01. The van der Waals surface area contributed by atoms with Gasteiger partial charge in [0.15, 0.2) is 6.10 Å². The topological polar surface area (TPSA) is 59.0 Å². The van der Waals surface area contributed by atoms with Crippen LogP contribution in [0.4, 0.5) is 23.7 Å². The number of amides is 1. The van der Waals surface area contributed by atoms with Gasteiger partial charge in [0.25, 0.3) is 0 Å². The fourth-order valence-electron chi connectivity index (χ4n) is 1.80. The van der Waals surface area contributed by atoms with E-state index < -0.39 is 24.8 Å². The van der Waals surface area contributed by atoms with Crippen LogP contribution < -0.4 is 9.64 Å². The molecular formula is C13H14F3NO4. The van der Waals surface area contributed by atoms with Crippen LogP contribution in [0.1, 0.15) is 6.42 Å². The number of carbonyl (C=O) groups excluding carboxylic acids is 1. The van der Waals surface area contributed by atoms with Crippen molar-refractivity contribution in [1.29, 1.82) is 0 Å². The number of rotatable bonds is 5. The first kappa shape index (κ1) is 15.4. The van der Waals surface area contributed by atoms with Gasteiger partial charge < -0.3 is 14.6 Å². The molecule has 1 N–H and O–H groups in total. The Morgan fingerprint density at radius 3 is 2.52 bits per heavy atom. The molecule has 0 bridgehead atoms. The highest BCUT2D eigenvalue weighted by molar-refractivity contribution is 5.89. The van der Waals surface area contributed by atoms with Crippen molar-refractivity contribution in [2.75, 3.05) is 24.7 Å². The first-order valence-electron chi connectivity index (χ1n) is 6.30. The molecule has 1 saturated heterocycles. The number of cyclic esters (lactones) is 1. The summed E-state index contributed by atoms with van der Waals surface area (Å²) < 4.78 is 46.2. The fraction of sp³-hybridized carbons (Fsp3) is 0.462. The highest BCUT2D eigenvalue weighted by Gasteiger charge is 2.37.